The summed E-state index contributed by atoms with van der Waals surface area (Å²) in [6, 6.07) is 9.95. The molecule has 1 unspecified atom stereocenters. The van der Waals surface area contributed by atoms with Gasteiger partial charge in [0.1, 0.15) is 6.29 Å². The molecule has 0 spiro atoms. The first-order chi connectivity index (χ1) is 11.7. The highest BCUT2D eigenvalue weighted by Gasteiger charge is 2.03. The van der Waals surface area contributed by atoms with Gasteiger partial charge < -0.3 is 15.8 Å². The average molecular weight is 350 g/mol. The second-order valence-corrected chi connectivity index (χ2v) is 7.00. The largest absolute Gasteiger partial charge is 0.322 e. The van der Waals surface area contributed by atoms with Crippen molar-refractivity contribution < 1.29 is 4.79 Å². The standard InChI is InChI=1S/C15H22N2O.C4H9NS/c16-15(13-18)10-4-5-11-17-12-6-9-14-7-2-1-3-8-14;1-5-2-3-6-4-5/h1-3,6-9,13,15,17H,4-5,10-12,16H2;2-4H2,1H3/b9-6+;. The minimum atomic E-state index is -0.289. The molecule has 1 aliphatic heterocycles. The maximum Gasteiger partial charge on any atom is 0.136 e. The summed E-state index contributed by atoms with van der Waals surface area (Å²) in [6.07, 6.45) is 7.87. The highest BCUT2D eigenvalue weighted by molar-refractivity contribution is 7.99. The lowest BCUT2D eigenvalue weighted by Crippen LogP contribution is -2.22. The van der Waals surface area contributed by atoms with Crippen LogP contribution in [0.25, 0.3) is 6.08 Å². The van der Waals surface area contributed by atoms with Gasteiger partial charge in [-0.15, -0.1) is 11.8 Å². The van der Waals surface area contributed by atoms with Crippen molar-refractivity contribution in [1.29, 1.82) is 0 Å². The number of benzene rings is 1. The highest BCUT2D eigenvalue weighted by Crippen LogP contribution is 2.09. The summed E-state index contributed by atoms with van der Waals surface area (Å²) in [7, 11) is 2.15. The quantitative estimate of drug-likeness (QED) is 0.530. The van der Waals surface area contributed by atoms with E-state index in [1.54, 1.807) is 0 Å². The maximum atomic E-state index is 10.3. The molecule has 4 nitrogen and oxygen atoms in total. The molecule has 0 aliphatic carbocycles. The smallest absolute Gasteiger partial charge is 0.136 e. The topological polar surface area (TPSA) is 58.4 Å². The average Bonchev–Trinajstić information content (AvgIpc) is 3.09. The molecule has 0 aromatic heterocycles. The molecule has 1 fully saturated rings. The number of thioether (sulfide) groups is 1. The van der Waals surface area contributed by atoms with Crippen LogP contribution < -0.4 is 11.1 Å². The molecule has 0 saturated carbocycles. The fourth-order valence-corrected chi connectivity index (χ4v) is 3.16. The lowest BCUT2D eigenvalue weighted by molar-refractivity contribution is -0.109. The monoisotopic (exact) mass is 349 g/mol. The molecule has 5 heteroatoms. The van der Waals surface area contributed by atoms with E-state index in [-0.39, 0.29) is 6.04 Å². The van der Waals surface area contributed by atoms with Gasteiger partial charge in [0.05, 0.1) is 6.04 Å². The zero-order valence-corrected chi connectivity index (χ0v) is 15.5. The van der Waals surface area contributed by atoms with Crippen molar-refractivity contribution in [2.45, 2.75) is 25.3 Å². The van der Waals surface area contributed by atoms with Gasteiger partial charge in [0.25, 0.3) is 0 Å². The molecule has 1 aliphatic rings. The predicted molar refractivity (Wildman–Crippen MR) is 106 cm³/mol. The molecule has 0 amide bonds. The van der Waals surface area contributed by atoms with Crippen molar-refractivity contribution in [2.24, 2.45) is 5.73 Å². The van der Waals surface area contributed by atoms with Crippen LogP contribution in [0, 0.1) is 0 Å². The first kappa shape index (κ1) is 20.9. The summed E-state index contributed by atoms with van der Waals surface area (Å²) in [5, 5.41) is 3.33. The van der Waals surface area contributed by atoms with Crippen molar-refractivity contribution in [1.82, 2.24) is 10.2 Å². The second-order valence-electron chi connectivity index (χ2n) is 5.93. The van der Waals surface area contributed by atoms with Gasteiger partial charge in [0, 0.05) is 24.7 Å². The molecule has 0 bridgehead atoms. The molecule has 24 heavy (non-hydrogen) atoms. The summed E-state index contributed by atoms with van der Waals surface area (Å²) in [6.45, 7) is 3.12. The Morgan fingerprint density at radius 3 is 2.71 bits per heavy atom. The Hall–Kier alpha value is -1.14. The number of carbonyl (C=O) groups is 1. The van der Waals surface area contributed by atoms with Crippen LogP contribution in [-0.4, -0.2) is 55.5 Å². The van der Waals surface area contributed by atoms with Gasteiger partial charge >= 0.3 is 0 Å². The van der Waals surface area contributed by atoms with E-state index in [9.17, 15) is 4.79 Å². The Balaban J connectivity index is 0.000000400. The number of aldehydes is 1. The number of nitrogens with two attached hydrogens (primary N) is 1. The number of nitrogens with zero attached hydrogens (tertiary/aromatic N) is 1. The van der Waals surface area contributed by atoms with Crippen molar-refractivity contribution in [3.05, 3.63) is 42.0 Å². The molecule has 1 saturated heterocycles. The number of unbranched alkanes of at least 4 members (excludes halogenated alkanes) is 1. The molecule has 1 aromatic rings. The summed E-state index contributed by atoms with van der Waals surface area (Å²) in [4.78, 5) is 12.6. The van der Waals surface area contributed by atoms with Crippen LogP contribution in [0.2, 0.25) is 0 Å². The van der Waals surface area contributed by atoms with Crippen molar-refractivity contribution in [3.8, 4) is 0 Å². The van der Waals surface area contributed by atoms with Crippen LogP contribution >= 0.6 is 11.8 Å². The Morgan fingerprint density at radius 1 is 1.33 bits per heavy atom. The number of rotatable bonds is 9. The fourth-order valence-electron chi connectivity index (χ4n) is 2.15. The Morgan fingerprint density at radius 2 is 2.12 bits per heavy atom. The highest BCUT2D eigenvalue weighted by atomic mass is 32.2. The molecule has 1 aromatic carbocycles. The lowest BCUT2D eigenvalue weighted by Gasteiger charge is -2.04. The molecule has 0 radical (unpaired) electrons. The van der Waals surface area contributed by atoms with Gasteiger partial charge in [-0.2, -0.15) is 0 Å². The summed E-state index contributed by atoms with van der Waals surface area (Å²) in [5.41, 5.74) is 6.72. The zero-order valence-electron chi connectivity index (χ0n) is 14.7. The van der Waals surface area contributed by atoms with E-state index in [4.69, 9.17) is 5.73 Å². The Kier molecular flexibility index (Phi) is 12.4. The molecular formula is C19H31N3OS. The van der Waals surface area contributed by atoms with Crippen LogP contribution in [0.4, 0.5) is 0 Å². The maximum absolute atomic E-state index is 10.3. The van der Waals surface area contributed by atoms with Crippen molar-refractivity contribution in [2.75, 3.05) is 38.3 Å². The van der Waals surface area contributed by atoms with E-state index in [1.165, 1.54) is 23.7 Å². The van der Waals surface area contributed by atoms with Crippen LogP contribution in [0.1, 0.15) is 24.8 Å². The van der Waals surface area contributed by atoms with E-state index in [0.29, 0.717) is 0 Å². The van der Waals surface area contributed by atoms with Gasteiger partial charge in [-0.1, -0.05) is 48.9 Å². The summed E-state index contributed by atoms with van der Waals surface area (Å²) in [5.74, 6) is 2.57. The lowest BCUT2D eigenvalue weighted by atomic mass is 10.1. The van der Waals surface area contributed by atoms with E-state index >= 15 is 0 Å². The van der Waals surface area contributed by atoms with E-state index in [0.717, 1.165) is 38.6 Å². The molecule has 1 atom stereocenters. The van der Waals surface area contributed by atoms with Crippen molar-refractivity contribution in [3.63, 3.8) is 0 Å². The van der Waals surface area contributed by atoms with E-state index in [2.05, 4.69) is 41.5 Å². The Bertz CT molecular complexity index is 447. The molecular weight excluding hydrogens is 318 g/mol. The van der Waals surface area contributed by atoms with Crippen LogP contribution in [0.5, 0.6) is 0 Å². The SMILES string of the molecule is CN1CCSC1.NC(C=O)CCCCNC/C=C/c1ccccc1. The van der Waals surface area contributed by atoms with Gasteiger partial charge in [-0.05, 0) is 32.0 Å². The van der Waals surface area contributed by atoms with Gasteiger partial charge in [-0.3, -0.25) is 4.90 Å². The third-order valence-electron chi connectivity index (χ3n) is 3.62. The van der Waals surface area contributed by atoms with Crippen LogP contribution in [-0.2, 0) is 4.79 Å². The van der Waals surface area contributed by atoms with Crippen molar-refractivity contribution >= 4 is 24.1 Å². The predicted octanol–water partition coefficient (Wildman–Crippen LogP) is 2.61. The molecule has 3 N–H and O–H groups in total. The number of carbonyl (C=O) groups excluding carboxylic acids is 1. The van der Waals surface area contributed by atoms with Crippen LogP contribution in [0.3, 0.4) is 0 Å². The third-order valence-corrected chi connectivity index (χ3v) is 4.71. The minimum absolute atomic E-state index is 0.289. The number of hydrogen-bond acceptors (Lipinski definition) is 5. The second kappa shape index (κ2) is 14.2. The van der Waals surface area contributed by atoms with Crippen LogP contribution in [0.15, 0.2) is 36.4 Å². The number of hydrogen-bond donors (Lipinski definition) is 2. The van der Waals surface area contributed by atoms with E-state index in [1.807, 2.05) is 30.0 Å². The molecule has 1 heterocycles. The van der Waals surface area contributed by atoms with E-state index < -0.39 is 0 Å². The van der Waals surface area contributed by atoms with Gasteiger partial charge in [0.2, 0.25) is 0 Å². The number of nitrogens with one attached hydrogen (secondary N) is 1. The summed E-state index contributed by atoms with van der Waals surface area (Å²) >= 11 is 2.01. The molecule has 2 rings (SSSR count). The molecule has 134 valence electrons. The van der Waals surface area contributed by atoms with Gasteiger partial charge in [-0.25, -0.2) is 0 Å². The zero-order chi connectivity index (χ0) is 17.5. The minimum Gasteiger partial charge on any atom is -0.322 e. The fraction of sp³-hybridized carbons (Fsp3) is 0.526. The first-order valence-corrected chi connectivity index (χ1v) is 9.77. The van der Waals surface area contributed by atoms with Gasteiger partial charge in [0.15, 0.2) is 0 Å². The third kappa shape index (κ3) is 11.4. The summed E-state index contributed by atoms with van der Waals surface area (Å²) < 4.78 is 0. The normalized spacial score (nSPS) is 15.9. The Labute approximate surface area is 150 Å². The first-order valence-electron chi connectivity index (χ1n) is 8.62.